The normalized spacial score (nSPS) is 25.6. The van der Waals surface area contributed by atoms with E-state index >= 15 is 0 Å². The van der Waals surface area contributed by atoms with Crippen LogP contribution in [0.2, 0.25) is 0 Å². The predicted octanol–water partition coefficient (Wildman–Crippen LogP) is 2.64. The minimum absolute atomic E-state index is 0.158. The van der Waals surface area contributed by atoms with Crippen molar-refractivity contribution in [3.8, 4) is 0 Å². The Bertz CT molecular complexity index is 213. The van der Waals surface area contributed by atoms with Crippen molar-refractivity contribution in [3.63, 3.8) is 0 Å². The quantitative estimate of drug-likeness (QED) is 0.538. The summed E-state index contributed by atoms with van der Waals surface area (Å²) in [5.74, 6) is -0.533. The second kappa shape index (κ2) is 6.38. The fraction of sp³-hybridized carbons (Fsp3) is 0.846. The Morgan fingerprint density at radius 1 is 1.44 bits per heavy atom. The van der Waals surface area contributed by atoms with E-state index in [1.807, 2.05) is 19.9 Å². The maximum absolute atomic E-state index is 9.91. The zero-order chi connectivity index (χ0) is 12.0. The van der Waals surface area contributed by atoms with E-state index in [-0.39, 0.29) is 6.10 Å². The molecular formula is C13H24O3. The van der Waals surface area contributed by atoms with Gasteiger partial charge in [0, 0.05) is 0 Å². The van der Waals surface area contributed by atoms with Crippen LogP contribution < -0.4 is 0 Å². The van der Waals surface area contributed by atoms with Crippen LogP contribution in [-0.2, 0) is 9.47 Å². The van der Waals surface area contributed by atoms with E-state index in [4.69, 9.17) is 9.47 Å². The predicted molar refractivity (Wildman–Crippen MR) is 64.2 cm³/mol. The molecule has 16 heavy (non-hydrogen) atoms. The van der Waals surface area contributed by atoms with Gasteiger partial charge in [0.25, 0.3) is 0 Å². The first-order valence-corrected chi connectivity index (χ1v) is 6.16. The minimum Gasteiger partial charge on any atom is -0.390 e. The Balaban J connectivity index is 2.11. The fourth-order valence-electron chi connectivity index (χ4n) is 1.91. The molecule has 1 aliphatic heterocycles. The summed E-state index contributed by atoms with van der Waals surface area (Å²) < 4.78 is 11.0. The number of allylic oxidation sites excluding steroid dienone is 1. The molecule has 1 aliphatic rings. The van der Waals surface area contributed by atoms with Crippen LogP contribution in [0, 0.1) is 0 Å². The van der Waals surface area contributed by atoms with Gasteiger partial charge in [-0.1, -0.05) is 18.9 Å². The summed E-state index contributed by atoms with van der Waals surface area (Å²) in [5, 5.41) is 9.91. The highest BCUT2D eigenvalue weighted by atomic mass is 16.7. The van der Waals surface area contributed by atoms with Gasteiger partial charge in [0.05, 0.1) is 12.7 Å². The van der Waals surface area contributed by atoms with Gasteiger partial charge in [0.2, 0.25) is 0 Å². The first-order chi connectivity index (χ1) is 7.55. The van der Waals surface area contributed by atoms with Crippen LogP contribution in [0.3, 0.4) is 0 Å². The standard InChI is InChI=1S/C13H24O3/c1-4-5-6-7-8-9-11(14)12-10-15-13(2,3)16-12/h4,11-12,14H,1,5-10H2,2-3H3/t11-,12-/m0/s1. The Morgan fingerprint density at radius 3 is 2.75 bits per heavy atom. The number of ether oxygens (including phenoxy) is 2. The molecule has 1 fully saturated rings. The van der Waals surface area contributed by atoms with Crippen molar-refractivity contribution < 1.29 is 14.6 Å². The van der Waals surface area contributed by atoms with Crippen molar-refractivity contribution in [2.45, 2.75) is 63.9 Å². The molecular weight excluding hydrogens is 204 g/mol. The van der Waals surface area contributed by atoms with Crippen LogP contribution in [-0.4, -0.2) is 29.7 Å². The molecule has 3 heteroatoms. The van der Waals surface area contributed by atoms with Gasteiger partial charge in [-0.25, -0.2) is 0 Å². The SMILES string of the molecule is C=CCCCCC[C@H](O)[C@@H]1COC(C)(C)O1. The molecule has 0 radical (unpaired) electrons. The van der Waals surface area contributed by atoms with Crippen LogP contribution in [0.1, 0.15) is 46.0 Å². The number of unbranched alkanes of at least 4 members (excludes halogenated alkanes) is 3. The average Bonchev–Trinajstić information content (AvgIpc) is 2.58. The van der Waals surface area contributed by atoms with Crippen LogP contribution in [0.4, 0.5) is 0 Å². The maximum Gasteiger partial charge on any atom is 0.163 e. The van der Waals surface area contributed by atoms with E-state index in [1.165, 1.54) is 0 Å². The summed E-state index contributed by atoms with van der Waals surface area (Å²) in [5.41, 5.74) is 0. The third kappa shape index (κ3) is 4.64. The van der Waals surface area contributed by atoms with Gasteiger partial charge in [-0.2, -0.15) is 0 Å². The van der Waals surface area contributed by atoms with Crippen molar-refractivity contribution in [2.75, 3.05) is 6.61 Å². The van der Waals surface area contributed by atoms with Gasteiger partial charge < -0.3 is 14.6 Å². The topological polar surface area (TPSA) is 38.7 Å². The highest BCUT2D eigenvalue weighted by Gasteiger charge is 2.36. The Morgan fingerprint density at radius 2 is 2.19 bits per heavy atom. The molecule has 1 saturated heterocycles. The molecule has 0 aromatic rings. The molecule has 94 valence electrons. The lowest BCUT2D eigenvalue weighted by molar-refractivity contribution is -0.151. The summed E-state index contributed by atoms with van der Waals surface area (Å²) in [7, 11) is 0. The average molecular weight is 228 g/mol. The number of aliphatic hydroxyl groups is 1. The van der Waals surface area contributed by atoms with Crippen molar-refractivity contribution in [1.82, 2.24) is 0 Å². The lowest BCUT2D eigenvalue weighted by Gasteiger charge is -2.20. The van der Waals surface area contributed by atoms with Gasteiger partial charge in [-0.3, -0.25) is 0 Å². The molecule has 1 rings (SSSR count). The molecule has 1 N–H and O–H groups in total. The van der Waals surface area contributed by atoms with Crippen LogP contribution in [0.25, 0.3) is 0 Å². The molecule has 0 aliphatic carbocycles. The Kier molecular flexibility index (Phi) is 5.46. The van der Waals surface area contributed by atoms with Gasteiger partial charge in [0.1, 0.15) is 6.10 Å². The molecule has 0 bridgehead atoms. The second-order valence-electron chi connectivity index (χ2n) is 4.86. The van der Waals surface area contributed by atoms with Crippen LogP contribution in [0.15, 0.2) is 12.7 Å². The lowest BCUT2D eigenvalue weighted by Crippen LogP contribution is -2.30. The molecule has 0 aromatic heterocycles. The number of aliphatic hydroxyl groups excluding tert-OH is 1. The van der Waals surface area contributed by atoms with E-state index in [0.29, 0.717) is 6.61 Å². The van der Waals surface area contributed by atoms with Gasteiger partial charge in [-0.05, 0) is 33.1 Å². The van der Waals surface area contributed by atoms with Crippen molar-refractivity contribution in [2.24, 2.45) is 0 Å². The largest absolute Gasteiger partial charge is 0.390 e. The molecule has 0 spiro atoms. The summed E-state index contributed by atoms with van der Waals surface area (Å²) in [6.07, 6.45) is 6.57. The molecule has 2 atom stereocenters. The molecule has 0 saturated carbocycles. The van der Waals surface area contributed by atoms with E-state index in [9.17, 15) is 5.11 Å². The first-order valence-electron chi connectivity index (χ1n) is 6.16. The minimum atomic E-state index is -0.533. The summed E-state index contributed by atoms with van der Waals surface area (Å²) in [6.45, 7) is 7.94. The highest BCUT2D eigenvalue weighted by Crippen LogP contribution is 2.25. The third-order valence-electron chi connectivity index (χ3n) is 2.87. The van der Waals surface area contributed by atoms with Gasteiger partial charge in [-0.15, -0.1) is 6.58 Å². The summed E-state index contributed by atoms with van der Waals surface area (Å²) in [6, 6.07) is 0. The maximum atomic E-state index is 9.91. The van der Waals surface area contributed by atoms with Gasteiger partial charge >= 0.3 is 0 Å². The zero-order valence-corrected chi connectivity index (χ0v) is 10.4. The van der Waals surface area contributed by atoms with Crippen molar-refractivity contribution in [1.29, 1.82) is 0 Å². The summed E-state index contributed by atoms with van der Waals surface area (Å²) in [4.78, 5) is 0. The van der Waals surface area contributed by atoms with Crippen molar-refractivity contribution in [3.05, 3.63) is 12.7 Å². The number of rotatable bonds is 7. The number of hydrogen-bond donors (Lipinski definition) is 1. The highest BCUT2D eigenvalue weighted by molar-refractivity contribution is 4.77. The fourth-order valence-corrected chi connectivity index (χ4v) is 1.91. The second-order valence-corrected chi connectivity index (χ2v) is 4.86. The van der Waals surface area contributed by atoms with E-state index in [0.717, 1.165) is 32.1 Å². The van der Waals surface area contributed by atoms with Crippen LogP contribution >= 0.6 is 0 Å². The summed E-state index contributed by atoms with van der Waals surface area (Å²) >= 11 is 0. The van der Waals surface area contributed by atoms with E-state index in [1.54, 1.807) is 0 Å². The molecule has 0 unspecified atom stereocenters. The van der Waals surface area contributed by atoms with E-state index in [2.05, 4.69) is 6.58 Å². The smallest absolute Gasteiger partial charge is 0.163 e. The molecule has 3 nitrogen and oxygen atoms in total. The third-order valence-corrected chi connectivity index (χ3v) is 2.87. The Labute approximate surface area is 98.4 Å². The van der Waals surface area contributed by atoms with E-state index < -0.39 is 11.9 Å². The van der Waals surface area contributed by atoms with Crippen molar-refractivity contribution >= 4 is 0 Å². The monoisotopic (exact) mass is 228 g/mol. The molecule has 1 heterocycles. The molecule has 0 aromatic carbocycles. The Hall–Kier alpha value is -0.380. The van der Waals surface area contributed by atoms with Crippen LogP contribution in [0.5, 0.6) is 0 Å². The number of hydrogen-bond acceptors (Lipinski definition) is 3. The zero-order valence-electron chi connectivity index (χ0n) is 10.4. The van der Waals surface area contributed by atoms with Gasteiger partial charge in [0.15, 0.2) is 5.79 Å². The lowest BCUT2D eigenvalue weighted by atomic mass is 10.1. The first kappa shape index (κ1) is 13.7. The molecule has 0 amide bonds.